The minimum Gasteiger partial charge on any atom is -0.475 e. The van der Waals surface area contributed by atoms with Gasteiger partial charge < -0.3 is 30.5 Å². The number of ether oxygens (including phenoxy) is 1. The number of nitrogen functional groups attached to an aromatic ring is 1. The van der Waals surface area contributed by atoms with Gasteiger partial charge in [0.1, 0.15) is 12.6 Å². The molecule has 5 heterocycles. The number of halogens is 1. The summed E-state index contributed by atoms with van der Waals surface area (Å²) in [6.07, 6.45) is 11.9. The van der Waals surface area contributed by atoms with Crippen molar-refractivity contribution in [3.8, 4) is 17.7 Å². The number of nitrogens with one attached hydrogen (secondary N) is 3. The second-order valence-corrected chi connectivity index (χ2v) is 19.4. The van der Waals surface area contributed by atoms with Gasteiger partial charge >= 0.3 is 0 Å². The molecule has 3 unspecified atom stereocenters. The summed E-state index contributed by atoms with van der Waals surface area (Å²) in [5, 5.41) is 14.7. The molecule has 16 heteroatoms. The molecule has 1 spiro atoms. The van der Waals surface area contributed by atoms with E-state index in [1.54, 1.807) is 24.4 Å². The number of fused-ring (bicyclic) bond motifs is 3. The van der Waals surface area contributed by atoms with Gasteiger partial charge in [-0.15, -0.1) is 0 Å². The summed E-state index contributed by atoms with van der Waals surface area (Å²) in [5.74, 6) is 5.44. The first-order chi connectivity index (χ1) is 31.4. The average molecular weight is 887 g/mol. The number of amides is 5. The van der Waals surface area contributed by atoms with Gasteiger partial charge in [0.15, 0.2) is 17.6 Å². The highest BCUT2D eigenvalue weighted by Gasteiger charge is 2.49. The molecule has 15 nitrogen and oxygen atoms in total. The van der Waals surface area contributed by atoms with Crippen molar-refractivity contribution in [2.45, 2.75) is 121 Å². The standard InChI is InChI=1S/C49H55FN8O7/c1-3-31-37(54-45(61)42(31)50)25-64-46-34-20-39-35(43(51)56-65-39)19-33(34)28(23-52-46)12-11-26-7-9-27(10-8-26)24-57(2)30-15-17-49(18-16-30)21-29(22-49)53-36-6-4-5-32-41(36)48(63)58(47(32)62)38-13-14-40(59)55-44(38)60/h4-6,19-20,23,26-27,29-31,37-38,42,53H,3,7-10,13-18,21-22,24-25H2,1-2H3,(H2,51,56)(H,54,61)(H,55,59,60)/t26?,27?,29?,30?,31?,37?,38?,42-,49?/m0/s1. The Morgan fingerprint density at radius 2 is 1.78 bits per heavy atom. The van der Waals surface area contributed by atoms with Crippen LogP contribution in [-0.4, -0.2) is 100 Å². The van der Waals surface area contributed by atoms with E-state index in [0.717, 1.165) is 73.8 Å². The molecule has 2 aromatic heterocycles. The van der Waals surface area contributed by atoms with Crippen LogP contribution in [0.1, 0.15) is 117 Å². The Hall–Kier alpha value is -6.08. The molecule has 3 aliphatic heterocycles. The van der Waals surface area contributed by atoms with Crippen molar-refractivity contribution in [3.63, 3.8) is 0 Å². The number of rotatable bonds is 10. The van der Waals surface area contributed by atoms with E-state index in [9.17, 15) is 28.4 Å². The summed E-state index contributed by atoms with van der Waals surface area (Å²) in [6.45, 7) is 3.02. The molecule has 4 aromatic rings. The van der Waals surface area contributed by atoms with E-state index in [0.29, 0.717) is 57.4 Å². The largest absolute Gasteiger partial charge is 0.475 e. The molecule has 5 amide bonds. The zero-order chi connectivity index (χ0) is 45.1. The number of anilines is 2. The van der Waals surface area contributed by atoms with Crippen LogP contribution in [-0.2, 0) is 14.4 Å². The Kier molecular flexibility index (Phi) is 11.2. The molecular weight excluding hydrogens is 832 g/mol. The number of piperidine rings is 1. The highest BCUT2D eigenvalue weighted by Crippen LogP contribution is 2.53. The fourth-order valence-electron chi connectivity index (χ4n) is 11.7. The Morgan fingerprint density at radius 1 is 1.00 bits per heavy atom. The summed E-state index contributed by atoms with van der Waals surface area (Å²) in [5.41, 5.74) is 8.91. The van der Waals surface area contributed by atoms with Crippen LogP contribution in [0.5, 0.6) is 5.88 Å². The number of imide groups is 2. The monoisotopic (exact) mass is 886 g/mol. The summed E-state index contributed by atoms with van der Waals surface area (Å²) in [6, 6.07) is 8.26. The van der Waals surface area contributed by atoms with Crippen molar-refractivity contribution >= 4 is 62.8 Å². The number of hydrogen-bond acceptors (Lipinski definition) is 12. The van der Waals surface area contributed by atoms with Crippen molar-refractivity contribution < 1.29 is 37.6 Å². The predicted octanol–water partition coefficient (Wildman–Crippen LogP) is 5.89. The SMILES string of the molecule is CCC1C(COc2ncc(C#CC3CCC(CN(C)C4CCC5(CC4)CC(Nc4cccc6c4C(=O)N(C4CCC(=O)NC4=O)C6=O)C5)CC3)c3cc4c(N)noc4cc23)NC(=O)[C@H]1F. The minimum atomic E-state index is -1.55. The third-order valence-electron chi connectivity index (χ3n) is 15.4. The summed E-state index contributed by atoms with van der Waals surface area (Å²) in [4.78, 5) is 71.5. The van der Waals surface area contributed by atoms with Crippen molar-refractivity contribution in [2.75, 3.05) is 31.2 Å². The Balaban J connectivity index is 0.708. The molecule has 2 aromatic carbocycles. The van der Waals surface area contributed by atoms with Crippen LogP contribution in [0.2, 0.25) is 0 Å². The van der Waals surface area contributed by atoms with Crippen LogP contribution in [0.3, 0.4) is 0 Å². The molecular formula is C49H55FN8O7. The number of alkyl halides is 1. The van der Waals surface area contributed by atoms with Gasteiger partial charge in [-0.1, -0.05) is 30.0 Å². The van der Waals surface area contributed by atoms with E-state index in [1.807, 2.05) is 19.1 Å². The van der Waals surface area contributed by atoms with Crippen molar-refractivity contribution in [1.29, 1.82) is 0 Å². The predicted molar refractivity (Wildman–Crippen MR) is 239 cm³/mol. The highest BCUT2D eigenvalue weighted by molar-refractivity contribution is 6.25. The third-order valence-corrected chi connectivity index (χ3v) is 15.4. The van der Waals surface area contributed by atoms with Gasteiger partial charge in [-0.2, -0.15) is 0 Å². The number of carbonyl (C=O) groups is 5. The first kappa shape index (κ1) is 42.8. The number of benzene rings is 2. The maximum Gasteiger partial charge on any atom is 0.264 e. The molecule has 10 rings (SSSR count). The number of hydrogen-bond donors (Lipinski definition) is 4. The molecule has 4 atom stereocenters. The van der Waals surface area contributed by atoms with E-state index < -0.39 is 53.7 Å². The number of carbonyl (C=O) groups excluding carboxylic acids is 5. The molecule has 0 radical (unpaired) electrons. The number of nitrogens with two attached hydrogens (primary N) is 1. The normalized spacial score (nSPS) is 30.0. The van der Waals surface area contributed by atoms with E-state index in [1.165, 1.54) is 12.8 Å². The highest BCUT2D eigenvalue weighted by atomic mass is 19.1. The quantitative estimate of drug-likeness (QED) is 0.109. The van der Waals surface area contributed by atoms with Crippen molar-refractivity contribution in [3.05, 3.63) is 53.2 Å². The van der Waals surface area contributed by atoms with Crippen molar-refractivity contribution in [2.24, 2.45) is 23.2 Å². The van der Waals surface area contributed by atoms with E-state index in [2.05, 4.69) is 49.9 Å². The Bertz CT molecular complexity index is 2650. The lowest BCUT2D eigenvalue weighted by atomic mass is 9.57. The van der Waals surface area contributed by atoms with Crippen LogP contribution >= 0.6 is 0 Å². The molecule has 340 valence electrons. The molecule has 0 bridgehead atoms. The third kappa shape index (κ3) is 7.95. The summed E-state index contributed by atoms with van der Waals surface area (Å²) >= 11 is 0. The molecule has 3 saturated carbocycles. The second kappa shape index (κ2) is 17.0. The smallest absolute Gasteiger partial charge is 0.264 e. The molecule has 6 aliphatic rings. The van der Waals surface area contributed by atoms with E-state index in [-0.39, 0.29) is 42.6 Å². The first-order valence-corrected chi connectivity index (χ1v) is 23.3. The minimum absolute atomic E-state index is 0.0811. The average Bonchev–Trinajstić information content (AvgIpc) is 3.89. The second-order valence-electron chi connectivity index (χ2n) is 19.4. The lowest BCUT2D eigenvalue weighted by Crippen LogP contribution is -2.54. The maximum atomic E-state index is 14.5. The maximum absolute atomic E-state index is 14.5. The first-order valence-electron chi connectivity index (χ1n) is 23.3. The number of aromatic nitrogens is 2. The number of pyridine rings is 1. The summed E-state index contributed by atoms with van der Waals surface area (Å²) < 4.78 is 26.1. The van der Waals surface area contributed by atoms with Crippen LogP contribution in [0, 0.1) is 35.0 Å². The van der Waals surface area contributed by atoms with Gasteiger partial charge in [0, 0.05) is 59.5 Å². The van der Waals surface area contributed by atoms with Crippen LogP contribution < -0.4 is 26.4 Å². The van der Waals surface area contributed by atoms with Gasteiger partial charge in [0.25, 0.3) is 17.7 Å². The van der Waals surface area contributed by atoms with E-state index >= 15 is 0 Å². The summed E-state index contributed by atoms with van der Waals surface area (Å²) in [7, 11) is 2.28. The molecule has 3 aliphatic carbocycles. The topological polar surface area (TPSA) is 202 Å². The zero-order valence-corrected chi connectivity index (χ0v) is 36.8. The van der Waals surface area contributed by atoms with Gasteiger partial charge in [-0.25, -0.2) is 9.37 Å². The van der Waals surface area contributed by atoms with Gasteiger partial charge in [0.05, 0.1) is 28.1 Å². The van der Waals surface area contributed by atoms with Gasteiger partial charge in [0.2, 0.25) is 17.7 Å². The van der Waals surface area contributed by atoms with Crippen LogP contribution in [0.25, 0.3) is 21.7 Å². The fourth-order valence-corrected chi connectivity index (χ4v) is 11.7. The lowest BCUT2D eigenvalue weighted by molar-refractivity contribution is -0.136. The molecule has 5 fully saturated rings. The molecule has 2 saturated heterocycles. The fraction of sp³-hybridized carbons (Fsp3) is 0.531. The molecule has 65 heavy (non-hydrogen) atoms. The van der Waals surface area contributed by atoms with Crippen molar-refractivity contribution in [1.82, 2.24) is 30.6 Å². The van der Waals surface area contributed by atoms with Gasteiger partial charge in [-0.05, 0) is 120 Å². The van der Waals surface area contributed by atoms with Gasteiger partial charge in [-0.3, -0.25) is 34.2 Å². The lowest BCUT2D eigenvalue weighted by Gasteiger charge is -2.53. The van der Waals surface area contributed by atoms with E-state index in [4.69, 9.17) is 15.0 Å². The Labute approximate surface area is 376 Å². The van der Waals surface area contributed by atoms with Crippen LogP contribution in [0.15, 0.2) is 41.1 Å². The Morgan fingerprint density at radius 3 is 2.54 bits per heavy atom. The number of nitrogens with zero attached hydrogens (tertiary/aromatic N) is 4. The zero-order valence-electron chi connectivity index (χ0n) is 36.8. The van der Waals surface area contributed by atoms with Crippen LogP contribution in [0.4, 0.5) is 15.9 Å². The molecule has 5 N–H and O–H groups in total.